The van der Waals surface area contributed by atoms with Crippen molar-refractivity contribution in [3.05, 3.63) is 76.8 Å². The van der Waals surface area contributed by atoms with Crippen molar-refractivity contribution >= 4 is 43.2 Å². The molecule has 0 aromatic heterocycles. The molecule has 0 saturated carbocycles. The van der Waals surface area contributed by atoms with Crippen LogP contribution in [-0.2, 0) is 21.2 Å². The number of sulfonamides is 1. The maximum Gasteiger partial charge on any atom is 0.264 e. The van der Waals surface area contributed by atoms with E-state index in [1.807, 2.05) is 18.2 Å². The van der Waals surface area contributed by atoms with Gasteiger partial charge in [-0.3, -0.25) is 9.52 Å². The summed E-state index contributed by atoms with van der Waals surface area (Å²) in [5.41, 5.74) is 2.41. The number of rotatable bonds is 7. The first-order chi connectivity index (χ1) is 15.4. The first kappa shape index (κ1) is 22.2. The Balaban J connectivity index is 1.38. The van der Waals surface area contributed by atoms with E-state index in [1.54, 1.807) is 29.2 Å². The lowest BCUT2D eigenvalue weighted by molar-refractivity contribution is -0.120. The predicted molar refractivity (Wildman–Crippen MR) is 126 cm³/mol. The summed E-state index contributed by atoms with van der Waals surface area (Å²) in [6.45, 7) is 0.477. The van der Waals surface area contributed by atoms with Crippen LogP contribution in [0.4, 0.5) is 11.4 Å². The minimum Gasteiger partial charge on any atom is -0.497 e. The van der Waals surface area contributed by atoms with E-state index >= 15 is 0 Å². The molecule has 0 unspecified atom stereocenters. The molecule has 1 amide bonds. The molecule has 7 nitrogen and oxygen atoms in total. The summed E-state index contributed by atoms with van der Waals surface area (Å²) >= 11 is 3.45. The van der Waals surface area contributed by atoms with Gasteiger partial charge in [0.15, 0.2) is 6.61 Å². The summed E-state index contributed by atoms with van der Waals surface area (Å²) in [7, 11) is -2.26. The molecule has 32 heavy (non-hydrogen) atoms. The maximum atomic E-state index is 12.6. The van der Waals surface area contributed by atoms with Gasteiger partial charge in [-0.25, -0.2) is 8.42 Å². The summed E-state index contributed by atoms with van der Waals surface area (Å²) in [4.78, 5) is 14.4. The highest BCUT2D eigenvalue weighted by Gasteiger charge is 2.25. The van der Waals surface area contributed by atoms with Crippen molar-refractivity contribution < 1.29 is 22.7 Å². The summed E-state index contributed by atoms with van der Waals surface area (Å²) in [5, 5.41) is 0. The van der Waals surface area contributed by atoms with E-state index in [0.717, 1.165) is 22.1 Å². The molecule has 0 bridgehead atoms. The van der Waals surface area contributed by atoms with E-state index in [4.69, 9.17) is 9.47 Å². The molecule has 0 radical (unpaired) electrons. The van der Waals surface area contributed by atoms with Gasteiger partial charge in [-0.05, 0) is 66.6 Å². The minimum absolute atomic E-state index is 0.0815. The lowest BCUT2D eigenvalue weighted by atomic mass is 10.2. The van der Waals surface area contributed by atoms with Crippen molar-refractivity contribution in [2.24, 2.45) is 0 Å². The van der Waals surface area contributed by atoms with Crippen molar-refractivity contribution in [2.45, 2.75) is 11.3 Å². The number of amides is 1. The number of benzene rings is 3. The summed E-state index contributed by atoms with van der Waals surface area (Å²) < 4.78 is 39.5. The van der Waals surface area contributed by atoms with Crippen LogP contribution in [0.5, 0.6) is 11.5 Å². The fourth-order valence-electron chi connectivity index (χ4n) is 3.47. The Bertz CT molecular complexity index is 1250. The van der Waals surface area contributed by atoms with E-state index in [-0.39, 0.29) is 17.4 Å². The van der Waals surface area contributed by atoms with Crippen LogP contribution in [0.2, 0.25) is 0 Å². The van der Waals surface area contributed by atoms with E-state index in [1.165, 1.54) is 31.4 Å². The Labute approximate surface area is 195 Å². The molecular formula is C23H21BrN2O5S. The second-order valence-corrected chi connectivity index (χ2v) is 9.76. The average Bonchev–Trinajstić information content (AvgIpc) is 3.20. The number of nitrogens with zero attached hydrogens (tertiary/aromatic N) is 1. The standard InChI is InChI=1S/C23H21BrN2O5S/c1-30-20-4-2-3-18(14-20)25-32(28,29)21-8-6-19(7-9-21)31-15-23(27)26-12-11-16-13-17(24)5-10-22(16)26/h2-10,13-14,25H,11-12,15H2,1H3. The summed E-state index contributed by atoms with van der Waals surface area (Å²) in [6.07, 6.45) is 0.799. The lowest BCUT2D eigenvalue weighted by Crippen LogP contribution is -2.33. The smallest absolute Gasteiger partial charge is 0.264 e. The highest BCUT2D eigenvalue weighted by atomic mass is 79.9. The maximum absolute atomic E-state index is 12.6. The molecule has 3 aromatic carbocycles. The van der Waals surface area contributed by atoms with Gasteiger partial charge < -0.3 is 14.4 Å². The molecule has 9 heteroatoms. The van der Waals surface area contributed by atoms with Gasteiger partial charge in [0.25, 0.3) is 15.9 Å². The minimum atomic E-state index is -3.78. The zero-order valence-corrected chi connectivity index (χ0v) is 19.6. The molecule has 1 aliphatic rings. The lowest BCUT2D eigenvalue weighted by Gasteiger charge is -2.17. The fourth-order valence-corrected chi connectivity index (χ4v) is 4.93. The Morgan fingerprint density at radius 2 is 1.84 bits per heavy atom. The van der Waals surface area contributed by atoms with Crippen molar-refractivity contribution in [1.29, 1.82) is 0 Å². The van der Waals surface area contributed by atoms with Gasteiger partial charge in [-0.2, -0.15) is 0 Å². The molecule has 0 spiro atoms. The van der Waals surface area contributed by atoms with Crippen LogP contribution >= 0.6 is 15.9 Å². The van der Waals surface area contributed by atoms with E-state index < -0.39 is 10.0 Å². The molecular weight excluding hydrogens is 496 g/mol. The molecule has 166 valence electrons. The molecule has 0 aliphatic carbocycles. The monoisotopic (exact) mass is 516 g/mol. The predicted octanol–water partition coefficient (Wildman–Crippen LogP) is 4.23. The normalized spacial score (nSPS) is 12.9. The SMILES string of the molecule is COc1cccc(NS(=O)(=O)c2ccc(OCC(=O)N3CCc4cc(Br)ccc43)cc2)c1. The van der Waals surface area contributed by atoms with Crippen LogP contribution in [0.1, 0.15) is 5.56 Å². The number of halogens is 1. The average molecular weight is 517 g/mol. The first-order valence-electron chi connectivity index (χ1n) is 9.84. The van der Waals surface area contributed by atoms with Crippen LogP contribution in [0.15, 0.2) is 76.1 Å². The molecule has 0 atom stereocenters. The van der Waals surface area contributed by atoms with Crippen LogP contribution in [-0.4, -0.2) is 34.6 Å². The number of carbonyl (C=O) groups excluding carboxylic acids is 1. The van der Waals surface area contributed by atoms with E-state index in [0.29, 0.717) is 23.7 Å². The van der Waals surface area contributed by atoms with Crippen LogP contribution < -0.4 is 19.1 Å². The number of methoxy groups -OCH3 is 1. The number of fused-ring (bicyclic) bond motifs is 1. The summed E-state index contributed by atoms with van der Waals surface area (Å²) in [6, 6.07) is 18.4. The molecule has 1 N–H and O–H groups in total. The molecule has 3 aromatic rings. The van der Waals surface area contributed by atoms with Crippen molar-refractivity contribution in [2.75, 3.05) is 29.9 Å². The highest BCUT2D eigenvalue weighted by molar-refractivity contribution is 9.10. The van der Waals surface area contributed by atoms with Crippen LogP contribution in [0.3, 0.4) is 0 Å². The number of hydrogen-bond acceptors (Lipinski definition) is 5. The zero-order valence-electron chi connectivity index (χ0n) is 17.2. The van der Waals surface area contributed by atoms with Gasteiger partial charge in [0.2, 0.25) is 0 Å². The van der Waals surface area contributed by atoms with Gasteiger partial charge in [0, 0.05) is 22.8 Å². The van der Waals surface area contributed by atoms with Crippen molar-refractivity contribution in [3.63, 3.8) is 0 Å². The van der Waals surface area contributed by atoms with Gasteiger partial charge in [-0.15, -0.1) is 0 Å². The molecule has 0 saturated heterocycles. The second-order valence-electron chi connectivity index (χ2n) is 7.17. The number of anilines is 2. The third-order valence-corrected chi connectivity index (χ3v) is 6.95. The molecule has 4 rings (SSSR count). The Kier molecular flexibility index (Phi) is 6.38. The highest BCUT2D eigenvalue weighted by Crippen LogP contribution is 2.30. The third-order valence-electron chi connectivity index (χ3n) is 5.06. The molecule has 1 aliphatic heterocycles. The van der Waals surface area contributed by atoms with Crippen molar-refractivity contribution in [3.8, 4) is 11.5 Å². The largest absolute Gasteiger partial charge is 0.497 e. The van der Waals surface area contributed by atoms with Gasteiger partial charge in [-0.1, -0.05) is 22.0 Å². The van der Waals surface area contributed by atoms with Gasteiger partial charge in [0.1, 0.15) is 11.5 Å². The Hall–Kier alpha value is -3.04. The number of ether oxygens (including phenoxy) is 2. The zero-order chi connectivity index (χ0) is 22.7. The van der Waals surface area contributed by atoms with E-state index in [9.17, 15) is 13.2 Å². The fraction of sp³-hybridized carbons (Fsp3) is 0.174. The van der Waals surface area contributed by atoms with Crippen LogP contribution in [0.25, 0.3) is 0 Å². The quantitative estimate of drug-likeness (QED) is 0.507. The first-order valence-corrected chi connectivity index (χ1v) is 12.1. The Morgan fingerprint density at radius 1 is 1.06 bits per heavy atom. The van der Waals surface area contributed by atoms with Crippen LogP contribution in [0, 0.1) is 0 Å². The van der Waals surface area contributed by atoms with Crippen molar-refractivity contribution in [1.82, 2.24) is 0 Å². The number of nitrogens with one attached hydrogen (secondary N) is 1. The Morgan fingerprint density at radius 3 is 2.59 bits per heavy atom. The summed E-state index contributed by atoms with van der Waals surface area (Å²) in [5.74, 6) is 0.809. The van der Waals surface area contributed by atoms with Gasteiger partial charge >= 0.3 is 0 Å². The number of hydrogen-bond donors (Lipinski definition) is 1. The second kappa shape index (κ2) is 9.22. The molecule has 1 heterocycles. The van der Waals surface area contributed by atoms with E-state index in [2.05, 4.69) is 20.7 Å². The number of carbonyl (C=O) groups is 1. The van der Waals surface area contributed by atoms with Gasteiger partial charge in [0.05, 0.1) is 17.7 Å². The third kappa shape index (κ3) is 4.89. The topological polar surface area (TPSA) is 84.9 Å². The molecule has 0 fully saturated rings.